The Hall–Kier alpha value is -1.60. The summed E-state index contributed by atoms with van der Waals surface area (Å²) in [5.41, 5.74) is 0.804. The molecule has 0 fully saturated rings. The summed E-state index contributed by atoms with van der Waals surface area (Å²) in [5.74, 6) is -1.27. The Labute approximate surface area is 131 Å². The second-order valence-corrected chi connectivity index (χ2v) is 5.77. The highest BCUT2D eigenvalue weighted by Crippen LogP contribution is 2.17. The normalized spacial score (nSPS) is 10.3. The van der Waals surface area contributed by atoms with E-state index in [4.69, 9.17) is 5.11 Å². The molecule has 0 saturated carbocycles. The van der Waals surface area contributed by atoms with Crippen molar-refractivity contribution in [3.05, 3.63) is 51.2 Å². The molecule has 0 unspecified atom stereocenters. The fraction of sp³-hybridized carbons (Fsp3) is 0.0769. The number of carbonyl (C=O) groups is 2. The van der Waals surface area contributed by atoms with Crippen LogP contribution in [-0.4, -0.2) is 21.6 Å². The standard InChI is InChI=1S/C13H10Br2N2O3/c14-9-2-1-3-10(5-9)16-12(18)7-17-6-8(13(19)20)4-11(17)15/h1-6H,7H2,(H,16,18)(H,19,20). The molecule has 1 aromatic heterocycles. The van der Waals surface area contributed by atoms with Gasteiger partial charge in [0.25, 0.3) is 0 Å². The maximum atomic E-state index is 11.9. The molecule has 0 aliphatic carbocycles. The van der Waals surface area contributed by atoms with Crippen LogP contribution in [0.5, 0.6) is 0 Å². The molecule has 0 atom stereocenters. The highest BCUT2D eigenvalue weighted by atomic mass is 79.9. The maximum Gasteiger partial charge on any atom is 0.337 e. The minimum absolute atomic E-state index is 0.0282. The van der Waals surface area contributed by atoms with Crippen molar-refractivity contribution >= 4 is 49.4 Å². The van der Waals surface area contributed by atoms with Gasteiger partial charge in [-0.25, -0.2) is 4.79 Å². The summed E-state index contributed by atoms with van der Waals surface area (Å²) in [5, 5.41) is 11.6. The Morgan fingerprint density at radius 3 is 2.60 bits per heavy atom. The van der Waals surface area contributed by atoms with Gasteiger partial charge in [-0.1, -0.05) is 22.0 Å². The van der Waals surface area contributed by atoms with Crippen LogP contribution in [0.3, 0.4) is 0 Å². The van der Waals surface area contributed by atoms with E-state index in [1.165, 1.54) is 16.8 Å². The Morgan fingerprint density at radius 2 is 2.00 bits per heavy atom. The first-order chi connectivity index (χ1) is 9.45. The lowest BCUT2D eigenvalue weighted by molar-refractivity contribution is -0.116. The average Bonchev–Trinajstić information content (AvgIpc) is 2.71. The van der Waals surface area contributed by atoms with Gasteiger partial charge >= 0.3 is 5.97 Å². The molecular weight excluding hydrogens is 392 g/mol. The summed E-state index contributed by atoms with van der Waals surface area (Å²) in [7, 11) is 0. The summed E-state index contributed by atoms with van der Waals surface area (Å²) < 4.78 is 2.93. The van der Waals surface area contributed by atoms with Crippen molar-refractivity contribution in [3.63, 3.8) is 0 Å². The van der Waals surface area contributed by atoms with Gasteiger partial charge in [0.2, 0.25) is 5.91 Å². The van der Waals surface area contributed by atoms with E-state index in [-0.39, 0.29) is 18.0 Å². The van der Waals surface area contributed by atoms with Gasteiger partial charge < -0.3 is 15.0 Å². The van der Waals surface area contributed by atoms with Gasteiger partial charge in [0.1, 0.15) is 6.54 Å². The van der Waals surface area contributed by atoms with Gasteiger partial charge in [0.15, 0.2) is 0 Å². The zero-order valence-corrected chi connectivity index (χ0v) is 13.3. The highest BCUT2D eigenvalue weighted by molar-refractivity contribution is 9.10. The lowest BCUT2D eigenvalue weighted by atomic mass is 10.3. The Kier molecular flexibility index (Phi) is 4.61. The van der Waals surface area contributed by atoms with Crippen LogP contribution < -0.4 is 5.32 Å². The molecule has 1 heterocycles. The number of carbonyl (C=O) groups excluding carboxylic acids is 1. The van der Waals surface area contributed by atoms with Crippen molar-refractivity contribution in [2.45, 2.75) is 6.54 Å². The predicted molar refractivity (Wildman–Crippen MR) is 81.9 cm³/mol. The van der Waals surface area contributed by atoms with E-state index < -0.39 is 5.97 Å². The quantitative estimate of drug-likeness (QED) is 0.825. The SMILES string of the molecule is O=C(Cn1cc(C(=O)O)cc1Br)Nc1cccc(Br)c1. The zero-order valence-electron chi connectivity index (χ0n) is 10.1. The Balaban J connectivity index is 2.06. The van der Waals surface area contributed by atoms with E-state index in [1.54, 1.807) is 12.1 Å². The van der Waals surface area contributed by atoms with Gasteiger partial charge in [0.05, 0.1) is 10.2 Å². The summed E-state index contributed by atoms with van der Waals surface area (Å²) in [6.45, 7) is 0.0282. The monoisotopic (exact) mass is 400 g/mol. The number of benzene rings is 1. The van der Waals surface area contributed by atoms with Crippen LogP contribution in [-0.2, 0) is 11.3 Å². The van der Waals surface area contributed by atoms with Crippen molar-refractivity contribution in [3.8, 4) is 0 Å². The molecule has 104 valence electrons. The number of anilines is 1. The molecule has 2 aromatic rings. The molecular formula is C13H10Br2N2O3. The number of halogens is 2. The van der Waals surface area contributed by atoms with Gasteiger partial charge in [-0.3, -0.25) is 4.79 Å². The van der Waals surface area contributed by atoms with Crippen LogP contribution in [0.4, 0.5) is 5.69 Å². The second kappa shape index (κ2) is 6.23. The lowest BCUT2D eigenvalue weighted by Gasteiger charge is -2.07. The maximum absolute atomic E-state index is 11.9. The highest BCUT2D eigenvalue weighted by Gasteiger charge is 2.12. The third-order valence-corrected chi connectivity index (χ3v) is 3.69. The molecule has 7 heteroatoms. The Morgan fingerprint density at radius 1 is 1.25 bits per heavy atom. The third kappa shape index (κ3) is 3.71. The van der Waals surface area contributed by atoms with E-state index in [1.807, 2.05) is 12.1 Å². The summed E-state index contributed by atoms with van der Waals surface area (Å²) >= 11 is 6.54. The topological polar surface area (TPSA) is 71.3 Å². The summed E-state index contributed by atoms with van der Waals surface area (Å²) in [6.07, 6.45) is 1.41. The first-order valence-electron chi connectivity index (χ1n) is 5.60. The molecule has 0 spiro atoms. The van der Waals surface area contributed by atoms with Crippen LogP contribution >= 0.6 is 31.9 Å². The van der Waals surface area contributed by atoms with Crippen LogP contribution in [0, 0.1) is 0 Å². The van der Waals surface area contributed by atoms with Crippen molar-refractivity contribution in [2.24, 2.45) is 0 Å². The molecule has 2 rings (SSSR count). The van der Waals surface area contributed by atoms with Crippen LogP contribution in [0.25, 0.3) is 0 Å². The van der Waals surface area contributed by atoms with Crippen molar-refractivity contribution in [1.82, 2.24) is 4.57 Å². The van der Waals surface area contributed by atoms with Crippen LogP contribution in [0.15, 0.2) is 45.6 Å². The molecule has 0 aliphatic heterocycles. The number of rotatable bonds is 4. The van der Waals surface area contributed by atoms with Gasteiger partial charge in [-0.15, -0.1) is 0 Å². The number of amides is 1. The third-order valence-electron chi connectivity index (χ3n) is 2.51. The van der Waals surface area contributed by atoms with E-state index in [2.05, 4.69) is 37.2 Å². The predicted octanol–water partition coefficient (Wildman–Crippen LogP) is 3.35. The van der Waals surface area contributed by atoms with Gasteiger partial charge in [-0.05, 0) is 40.2 Å². The van der Waals surface area contributed by atoms with E-state index in [0.717, 1.165) is 4.47 Å². The van der Waals surface area contributed by atoms with Crippen molar-refractivity contribution in [1.29, 1.82) is 0 Å². The first-order valence-corrected chi connectivity index (χ1v) is 7.18. The fourth-order valence-corrected chi connectivity index (χ4v) is 2.51. The number of carboxylic acid groups (broad SMARTS) is 1. The number of hydrogen-bond donors (Lipinski definition) is 2. The molecule has 0 bridgehead atoms. The molecule has 1 aromatic carbocycles. The molecule has 0 saturated heterocycles. The van der Waals surface area contributed by atoms with Crippen molar-refractivity contribution < 1.29 is 14.7 Å². The van der Waals surface area contributed by atoms with Gasteiger partial charge in [0, 0.05) is 16.4 Å². The molecule has 0 radical (unpaired) electrons. The number of nitrogens with one attached hydrogen (secondary N) is 1. The first kappa shape index (κ1) is 14.8. The van der Waals surface area contributed by atoms with Crippen LogP contribution in [0.1, 0.15) is 10.4 Å². The second-order valence-electron chi connectivity index (χ2n) is 4.04. The lowest BCUT2D eigenvalue weighted by Crippen LogP contribution is -2.18. The number of aromatic nitrogens is 1. The number of carboxylic acids is 1. The van der Waals surface area contributed by atoms with E-state index in [9.17, 15) is 9.59 Å². The number of hydrogen-bond acceptors (Lipinski definition) is 2. The summed E-state index contributed by atoms with van der Waals surface area (Å²) in [4.78, 5) is 22.7. The molecule has 0 aliphatic rings. The number of nitrogens with zero attached hydrogens (tertiary/aromatic N) is 1. The van der Waals surface area contributed by atoms with Gasteiger partial charge in [-0.2, -0.15) is 0 Å². The fourth-order valence-electron chi connectivity index (χ4n) is 1.64. The zero-order chi connectivity index (χ0) is 14.7. The smallest absolute Gasteiger partial charge is 0.337 e. The molecule has 2 N–H and O–H groups in total. The molecule has 5 nitrogen and oxygen atoms in total. The minimum atomic E-state index is -1.03. The van der Waals surface area contributed by atoms with Crippen molar-refractivity contribution in [2.75, 3.05) is 5.32 Å². The van der Waals surface area contributed by atoms with E-state index in [0.29, 0.717) is 10.3 Å². The largest absolute Gasteiger partial charge is 0.478 e. The van der Waals surface area contributed by atoms with E-state index >= 15 is 0 Å². The average molecular weight is 402 g/mol. The summed E-state index contributed by atoms with van der Waals surface area (Å²) in [6, 6.07) is 8.68. The Bertz CT molecular complexity index is 667. The minimum Gasteiger partial charge on any atom is -0.478 e. The van der Waals surface area contributed by atoms with Crippen LogP contribution in [0.2, 0.25) is 0 Å². The number of aromatic carboxylic acids is 1. The molecule has 20 heavy (non-hydrogen) atoms. The molecule has 1 amide bonds.